The largest absolute Gasteiger partial charge is 0.370 e. The Bertz CT molecular complexity index is 461. The first-order valence-corrected chi connectivity index (χ1v) is 7.22. The minimum Gasteiger partial charge on any atom is -0.370 e. The van der Waals surface area contributed by atoms with Crippen LogP contribution in [0.25, 0.3) is 0 Å². The fourth-order valence-corrected chi connectivity index (χ4v) is 2.62. The molecule has 3 N–H and O–H groups in total. The predicted octanol–water partition coefficient (Wildman–Crippen LogP) is 1.71. The Kier molecular flexibility index (Phi) is 5.35. The van der Waals surface area contributed by atoms with Crippen molar-refractivity contribution in [2.75, 3.05) is 19.6 Å². The normalized spacial score (nSPS) is 20.3. The second kappa shape index (κ2) is 7.24. The van der Waals surface area contributed by atoms with Gasteiger partial charge in [-0.1, -0.05) is 25.1 Å². The van der Waals surface area contributed by atoms with Crippen molar-refractivity contribution in [3.05, 3.63) is 35.6 Å². The topological polar surface area (TPSA) is 53.6 Å². The second-order valence-electron chi connectivity index (χ2n) is 5.10. The summed E-state index contributed by atoms with van der Waals surface area (Å²) in [4.78, 5) is 6.63. The molecule has 0 aliphatic carbocycles. The van der Waals surface area contributed by atoms with Crippen molar-refractivity contribution >= 4 is 5.96 Å². The van der Waals surface area contributed by atoms with E-state index < -0.39 is 0 Å². The third-order valence-corrected chi connectivity index (χ3v) is 3.80. The lowest BCUT2D eigenvalue weighted by atomic mass is 10.2. The van der Waals surface area contributed by atoms with Gasteiger partial charge in [-0.25, -0.2) is 9.38 Å². The Morgan fingerprint density at radius 1 is 1.50 bits per heavy atom. The summed E-state index contributed by atoms with van der Waals surface area (Å²) in [6, 6.07) is 7.16. The number of hydrogen-bond acceptors (Lipinski definition) is 2. The fourth-order valence-electron chi connectivity index (χ4n) is 2.62. The van der Waals surface area contributed by atoms with Crippen LogP contribution in [-0.4, -0.2) is 36.5 Å². The lowest BCUT2D eigenvalue weighted by Crippen LogP contribution is -2.42. The van der Waals surface area contributed by atoms with Gasteiger partial charge in [0.25, 0.3) is 0 Å². The van der Waals surface area contributed by atoms with Crippen LogP contribution in [0.1, 0.15) is 25.3 Å². The van der Waals surface area contributed by atoms with Gasteiger partial charge in [0.05, 0.1) is 6.54 Å². The molecule has 1 aliphatic rings. The van der Waals surface area contributed by atoms with Gasteiger partial charge >= 0.3 is 0 Å². The van der Waals surface area contributed by atoms with Gasteiger partial charge in [-0.05, 0) is 32.0 Å². The fraction of sp³-hybridized carbons (Fsp3) is 0.533. The van der Waals surface area contributed by atoms with E-state index in [1.165, 1.54) is 18.9 Å². The van der Waals surface area contributed by atoms with Crippen LogP contribution in [-0.2, 0) is 6.54 Å². The number of benzene rings is 1. The van der Waals surface area contributed by atoms with Gasteiger partial charge < -0.3 is 11.1 Å². The van der Waals surface area contributed by atoms with E-state index >= 15 is 0 Å². The number of aliphatic imine (C=N–C) groups is 1. The number of likely N-dealkylation sites (tertiary alicyclic amines) is 1. The molecule has 5 heteroatoms. The zero-order valence-electron chi connectivity index (χ0n) is 12.0. The Hall–Kier alpha value is -1.62. The van der Waals surface area contributed by atoms with Crippen LogP contribution in [0.15, 0.2) is 29.3 Å². The van der Waals surface area contributed by atoms with Gasteiger partial charge in [0, 0.05) is 18.2 Å². The highest BCUT2D eigenvalue weighted by Gasteiger charge is 2.22. The Balaban J connectivity index is 1.81. The highest BCUT2D eigenvalue weighted by atomic mass is 19.1. The molecular formula is C15H23FN4. The number of nitrogens with one attached hydrogen (secondary N) is 1. The number of likely N-dealkylation sites (N-methyl/N-ethyl adjacent to an activating group) is 1. The smallest absolute Gasteiger partial charge is 0.188 e. The van der Waals surface area contributed by atoms with Crippen molar-refractivity contribution in [2.24, 2.45) is 10.7 Å². The molecule has 0 spiro atoms. The molecule has 1 fully saturated rings. The van der Waals surface area contributed by atoms with E-state index in [2.05, 4.69) is 22.1 Å². The molecular weight excluding hydrogens is 255 g/mol. The van der Waals surface area contributed by atoms with E-state index in [-0.39, 0.29) is 12.4 Å². The highest BCUT2D eigenvalue weighted by molar-refractivity contribution is 5.77. The maximum absolute atomic E-state index is 13.4. The van der Waals surface area contributed by atoms with Crippen molar-refractivity contribution in [3.63, 3.8) is 0 Å². The van der Waals surface area contributed by atoms with Gasteiger partial charge in [0.2, 0.25) is 0 Å². The number of halogens is 1. The highest BCUT2D eigenvalue weighted by Crippen LogP contribution is 2.15. The number of nitrogens with zero attached hydrogens (tertiary/aromatic N) is 2. The van der Waals surface area contributed by atoms with Gasteiger partial charge in [-0.2, -0.15) is 0 Å². The molecule has 4 nitrogen and oxygen atoms in total. The van der Waals surface area contributed by atoms with Gasteiger partial charge in [-0.3, -0.25) is 4.90 Å². The van der Waals surface area contributed by atoms with Crippen LogP contribution < -0.4 is 11.1 Å². The summed E-state index contributed by atoms with van der Waals surface area (Å²) in [5, 5.41) is 3.14. The van der Waals surface area contributed by atoms with E-state index in [0.717, 1.165) is 19.6 Å². The molecule has 0 amide bonds. The van der Waals surface area contributed by atoms with Crippen molar-refractivity contribution in [1.82, 2.24) is 10.2 Å². The quantitative estimate of drug-likeness (QED) is 0.637. The predicted molar refractivity (Wildman–Crippen MR) is 80.0 cm³/mol. The van der Waals surface area contributed by atoms with E-state index in [4.69, 9.17) is 5.73 Å². The third kappa shape index (κ3) is 3.93. The van der Waals surface area contributed by atoms with Crippen LogP contribution in [0.3, 0.4) is 0 Å². The van der Waals surface area contributed by atoms with Crippen molar-refractivity contribution in [3.8, 4) is 0 Å². The van der Waals surface area contributed by atoms with Gasteiger partial charge in [-0.15, -0.1) is 0 Å². The van der Waals surface area contributed by atoms with Crippen molar-refractivity contribution in [2.45, 2.75) is 32.4 Å². The van der Waals surface area contributed by atoms with Crippen molar-refractivity contribution in [1.29, 1.82) is 0 Å². The van der Waals surface area contributed by atoms with Crippen LogP contribution in [0, 0.1) is 5.82 Å². The molecule has 1 heterocycles. The summed E-state index contributed by atoms with van der Waals surface area (Å²) in [5.74, 6) is 0.146. The Morgan fingerprint density at radius 3 is 3.05 bits per heavy atom. The maximum Gasteiger partial charge on any atom is 0.188 e. The maximum atomic E-state index is 13.4. The van der Waals surface area contributed by atoms with E-state index in [9.17, 15) is 4.39 Å². The Morgan fingerprint density at radius 2 is 2.30 bits per heavy atom. The van der Waals surface area contributed by atoms with E-state index in [1.54, 1.807) is 18.2 Å². The summed E-state index contributed by atoms with van der Waals surface area (Å²) < 4.78 is 13.4. The molecule has 1 aromatic carbocycles. The average molecular weight is 278 g/mol. The van der Waals surface area contributed by atoms with Gasteiger partial charge in [0.15, 0.2) is 5.96 Å². The lowest BCUT2D eigenvalue weighted by Gasteiger charge is -2.23. The summed E-state index contributed by atoms with van der Waals surface area (Å²) in [5.41, 5.74) is 6.40. The first kappa shape index (κ1) is 14.8. The molecule has 1 unspecified atom stereocenters. The minimum atomic E-state index is -0.239. The zero-order valence-corrected chi connectivity index (χ0v) is 12.0. The Labute approximate surface area is 119 Å². The summed E-state index contributed by atoms with van der Waals surface area (Å²) in [6.45, 7) is 5.48. The van der Waals surface area contributed by atoms with Crippen molar-refractivity contribution < 1.29 is 4.39 Å². The monoisotopic (exact) mass is 278 g/mol. The average Bonchev–Trinajstić information content (AvgIpc) is 2.91. The van der Waals surface area contributed by atoms with Gasteiger partial charge in [0.1, 0.15) is 5.82 Å². The van der Waals surface area contributed by atoms with Crippen LogP contribution in [0.4, 0.5) is 4.39 Å². The number of nitrogens with two attached hydrogens (primary N) is 1. The van der Waals surface area contributed by atoms with Crippen LogP contribution in [0.5, 0.6) is 0 Å². The molecule has 1 atom stereocenters. The molecule has 1 aliphatic heterocycles. The molecule has 2 rings (SSSR count). The lowest BCUT2D eigenvalue weighted by molar-refractivity contribution is 0.267. The van der Waals surface area contributed by atoms with Crippen LogP contribution in [0.2, 0.25) is 0 Å². The summed E-state index contributed by atoms with van der Waals surface area (Å²) in [6.07, 6.45) is 2.44. The first-order chi connectivity index (χ1) is 9.70. The number of guanidine groups is 1. The summed E-state index contributed by atoms with van der Waals surface area (Å²) in [7, 11) is 0. The standard InChI is InChI=1S/C15H23FN4/c1-2-20-9-5-7-13(20)11-19-15(17)18-10-12-6-3-4-8-14(12)16/h3-4,6,8,13H,2,5,7,9-11H2,1H3,(H3,17,18,19). The SMILES string of the molecule is CCN1CCCC1CNC(N)=NCc1ccccc1F. The third-order valence-electron chi connectivity index (χ3n) is 3.80. The minimum absolute atomic E-state index is 0.239. The van der Waals surface area contributed by atoms with E-state index in [0.29, 0.717) is 17.6 Å². The number of hydrogen-bond donors (Lipinski definition) is 2. The molecule has 20 heavy (non-hydrogen) atoms. The molecule has 1 aromatic rings. The van der Waals surface area contributed by atoms with E-state index in [1.807, 2.05) is 0 Å². The molecule has 0 aromatic heterocycles. The molecule has 1 saturated heterocycles. The number of rotatable bonds is 5. The second-order valence-corrected chi connectivity index (χ2v) is 5.10. The van der Waals surface area contributed by atoms with Crippen LogP contribution >= 0.6 is 0 Å². The molecule has 0 bridgehead atoms. The summed E-state index contributed by atoms with van der Waals surface area (Å²) >= 11 is 0. The molecule has 110 valence electrons. The zero-order chi connectivity index (χ0) is 14.4. The first-order valence-electron chi connectivity index (χ1n) is 7.22. The molecule has 0 saturated carbocycles. The molecule has 0 radical (unpaired) electrons.